The van der Waals surface area contributed by atoms with Crippen LogP contribution in [-0.2, 0) is 6.42 Å². The van der Waals surface area contributed by atoms with Crippen molar-refractivity contribution >= 4 is 11.3 Å². The van der Waals surface area contributed by atoms with Gasteiger partial charge in [0.15, 0.2) is 0 Å². The Bertz CT molecular complexity index is 319. The van der Waals surface area contributed by atoms with Crippen LogP contribution in [0.2, 0.25) is 0 Å². The molecule has 0 aliphatic heterocycles. The Morgan fingerprint density at radius 3 is 2.50 bits per heavy atom. The summed E-state index contributed by atoms with van der Waals surface area (Å²) < 4.78 is 0. The van der Waals surface area contributed by atoms with Gasteiger partial charge in [0.2, 0.25) is 0 Å². The van der Waals surface area contributed by atoms with E-state index in [9.17, 15) is 0 Å². The largest absolute Gasteiger partial charge is 0.309 e. The standard InChI is InChI=1S/C16H29NS/c1-5-8-13(4)12-15(17-11-6-2)16-10-9-14(7-3)18-16/h9-10,13,15,17H,5-8,11-12H2,1-4H3. The average Bonchev–Trinajstić information content (AvgIpc) is 2.83. The fraction of sp³-hybridized carbons (Fsp3) is 0.750. The lowest BCUT2D eigenvalue weighted by Gasteiger charge is -2.21. The van der Waals surface area contributed by atoms with Gasteiger partial charge in [0.1, 0.15) is 0 Å². The van der Waals surface area contributed by atoms with Gasteiger partial charge in [0.25, 0.3) is 0 Å². The molecule has 104 valence electrons. The molecule has 18 heavy (non-hydrogen) atoms. The van der Waals surface area contributed by atoms with Crippen molar-refractivity contribution in [3.05, 3.63) is 21.9 Å². The van der Waals surface area contributed by atoms with Gasteiger partial charge in [-0.15, -0.1) is 11.3 Å². The van der Waals surface area contributed by atoms with Crippen LogP contribution in [-0.4, -0.2) is 6.54 Å². The van der Waals surface area contributed by atoms with Gasteiger partial charge in [0, 0.05) is 15.8 Å². The minimum absolute atomic E-state index is 0.566. The second-order valence-corrected chi connectivity index (χ2v) is 6.49. The monoisotopic (exact) mass is 267 g/mol. The van der Waals surface area contributed by atoms with Gasteiger partial charge in [-0.25, -0.2) is 0 Å². The first kappa shape index (κ1) is 15.7. The molecule has 2 atom stereocenters. The summed E-state index contributed by atoms with van der Waals surface area (Å²) in [5.74, 6) is 0.816. The number of thiophene rings is 1. The highest BCUT2D eigenvalue weighted by molar-refractivity contribution is 7.12. The minimum Gasteiger partial charge on any atom is -0.309 e. The summed E-state index contributed by atoms with van der Waals surface area (Å²) >= 11 is 1.99. The molecule has 1 rings (SSSR count). The molecule has 0 spiro atoms. The van der Waals surface area contributed by atoms with Crippen LogP contribution in [0.25, 0.3) is 0 Å². The van der Waals surface area contributed by atoms with E-state index in [1.165, 1.54) is 35.4 Å². The molecule has 1 aromatic heterocycles. The van der Waals surface area contributed by atoms with Gasteiger partial charge in [-0.3, -0.25) is 0 Å². The Labute approximate surface area is 117 Å². The molecule has 1 nitrogen and oxygen atoms in total. The number of hydrogen-bond donors (Lipinski definition) is 1. The third kappa shape index (κ3) is 5.11. The van der Waals surface area contributed by atoms with Crippen LogP contribution in [0.4, 0.5) is 0 Å². The second kappa shape index (κ2) is 8.71. The van der Waals surface area contributed by atoms with Gasteiger partial charge in [-0.05, 0) is 43.9 Å². The zero-order chi connectivity index (χ0) is 13.4. The van der Waals surface area contributed by atoms with E-state index in [1.807, 2.05) is 11.3 Å². The number of hydrogen-bond acceptors (Lipinski definition) is 2. The summed E-state index contributed by atoms with van der Waals surface area (Å²) in [4.78, 5) is 3.04. The molecule has 1 aromatic rings. The van der Waals surface area contributed by atoms with Crippen molar-refractivity contribution < 1.29 is 0 Å². The van der Waals surface area contributed by atoms with E-state index in [4.69, 9.17) is 0 Å². The molecule has 0 fully saturated rings. The molecule has 0 amide bonds. The summed E-state index contributed by atoms with van der Waals surface area (Å²) in [7, 11) is 0. The molecule has 0 saturated carbocycles. The Kier molecular flexibility index (Phi) is 7.60. The summed E-state index contributed by atoms with van der Waals surface area (Å²) in [6, 6.07) is 5.19. The highest BCUT2D eigenvalue weighted by Gasteiger charge is 2.16. The van der Waals surface area contributed by atoms with Crippen LogP contribution >= 0.6 is 11.3 Å². The predicted molar refractivity (Wildman–Crippen MR) is 83.4 cm³/mol. The van der Waals surface area contributed by atoms with Crippen molar-refractivity contribution in [2.75, 3.05) is 6.54 Å². The highest BCUT2D eigenvalue weighted by Crippen LogP contribution is 2.29. The summed E-state index contributed by atoms with van der Waals surface area (Å²) in [5.41, 5.74) is 0. The molecule has 0 radical (unpaired) electrons. The lowest BCUT2D eigenvalue weighted by molar-refractivity contribution is 0.394. The molecular formula is C16H29NS. The first-order valence-corrected chi connectivity index (χ1v) is 8.34. The lowest BCUT2D eigenvalue weighted by Crippen LogP contribution is -2.23. The average molecular weight is 267 g/mol. The normalized spacial score (nSPS) is 14.7. The van der Waals surface area contributed by atoms with Crippen LogP contribution in [0.1, 0.15) is 69.2 Å². The maximum Gasteiger partial charge on any atom is 0.0417 e. The molecule has 2 unspecified atom stereocenters. The number of aryl methyl sites for hydroxylation is 1. The smallest absolute Gasteiger partial charge is 0.0417 e. The second-order valence-electron chi connectivity index (χ2n) is 5.29. The van der Waals surface area contributed by atoms with Crippen molar-refractivity contribution in [2.24, 2.45) is 5.92 Å². The Morgan fingerprint density at radius 2 is 1.94 bits per heavy atom. The van der Waals surface area contributed by atoms with E-state index < -0.39 is 0 Å². The van der Waals surface area contributed by atoms with Crippen LogP contribution in [0.5, 0.6) is 0 Å². The maximum absolute atomic E-state index is 3.72. The molecule has 0 aromatic carbocycles. The van der Waals surface area contributed by atoms with Gasteiger partial charge in [0.05, 0.1) is 0 Å². The van der Waals surface area contributed by atoms with Crippen molar-refractivity contribution in [3.8, 4) is 0 Å². The molecule has 0 aliphatic rings. The third-order valence-corrected chi connectivity index (χ3v) is 4.78. The van der Waals surface area contributed by atoms with E-state index in [0.717, 1.165) is 18.9 Å². The van der Waals surface area contributed by atoms with Gasteiger partial charge in [-0.2, -0.15) is 0 Å². The number of rotatable bonds is 9. The maximum atomic E-state index is 3.72. The lowest BCUT2D eigenvalue weighted by atomic mass is 9.96. The van der Waals surface area contributed by atoms with Gasteiger partial charge < -0.3 is 5.32 Å². The molecule has 0 saturated heterocycles. The fourth-order valence-electron chi connectivity index (χ4n) is 2.40. The minimum atomic E-state index is 0.566. The Balaban J connectivity index is 2.64. The summed E-state index contributed by atoms with van der Waals surface area (Å²) in [5, 5.41) is 3.72. The zero-order valence-electron chi connectivity index (χ0n) is 12.5. The summed E-state index contributed by atoms with van der Waals surface area (Å²) in [6.45, 7) is 10.3. The molecule has 1 heterocycles. The fourth-order valence-corrected chi connectivity index (χ4v) is 3.44. The topological polar surface area (TPSA) is 12.0 Å². The first-order chi connectivity index (χ1) is 8.71. The van der Waals surface area contributed by atoms with Crippen LogP contribution < -0.4 is 5.32 Å². The molecule has 1 N–H and O–H groups in total. The third-order valence-electron chi connectivity index (χ3n) is 3.43. The van der Waals surface area contributed by atoms with Crippen LogP contribution in [0.15, 0.2) is 12.1 Å². The molecule has 0 aliphatic carbocycles. The van der Waals surface area contributed by atoms with Crippen molar-refractivity contribution in [1.29, 1.82) is 0 Å². The van der Waals surface area contributed by atoms with Crippen molar-refractivity contribution in [2.45, 2.75) is 65.8 Å². The van der Waals surface area contributed by atoms with Crippen LogP contribution in [0, 0.1) is 5.92 Å². The number of nitrogens with one attached hydrogen (secondary N) is 1. The SMILES string of the molecule is CCCNC(CC(C)CCC)c1ccc(CC)s1. The quantitative estimate of drug-likeness (QED) is 0.650. The van der Waals surface area contributed by atoms with E-state index in [-0.39, 0.29) is 0 Å². The van der Waals surface area contributed by atoms with Crippen LogP contribution in [0.3, 0.4) is 0 Å². The van der Waals surface area contributed by atoms with E-state index >= 15 is 0 Å². The van der Waals surface area contributed by atoms with Gasteiger partial charge >= 0.3 is 0 Å². The molecule has 0 bridgehead atoms. The van der Waals surface area contributed by atoms with E-state index in [1.54, 1.807) is 0 Å². The van der Waals surface area contributed by atoms with Crippen molar-refractivity contribution in [1.82, 2.24) is 5.32 Å². The molecular weight excluding hydrogens is 238 g/mol. The van der Waals surface area contributed by atoms with Crippen molar-refractivity contribution in [3.63, 3.8) is 0 Å². The van der Waals surface area contributed by atoms with E-state index in [0.29, 0.717) is 6.04 Å². The predicted octanol–water partition coefficient (Wildman–Crippen LogP) is 5.18. The Morgan fingerprint density at radius 1 is 1.17 bits per heavy atom. The highest BCUT2D eigenvalue weighted by atomic mass is 32.1. The Hall–Kier alpha value is -0.340. The van der Waals surface area contributed by atoms with Gasteiger partial charge in [-0.1, -0.05) is 40.5 Å². The first-order valence-electron chi connectivity index (χ1n) is 7.53. The van der Waals surface area contributed by atoms with E-state index in [2.05, 4.69) is 45.1 Å². The summed E-state index contributed by atoms with van der Waals surface area (Å²) in [6.07, 6.45) is 6.29. The molecule has 2 heteroatoms. The zero-order valence-corrected chi connectivity index (χ0v) is 13.3.